The zero-order valence-corrected chi connectivity index (χ0v) is 12.2. The minimum Gasteiger partial charge on any atom is -0.479 e. The predicted octanol–water partition coefficient (Wildman–Crippen LogP) is 0.487. The van der Waals surface area contributed by atoms with Crippen LogP contribution in [0.1, 0.15) is 17.5 Å². The van der Waals surface area contributed by atoms with Crippen LogP contribution in [0.15, 0.2) is 36.7 Å². The summed E-state index contributed by atoms with van der Waals surface area (Å²) in [5.74, 6) is -2.01. The van der Waals surface area contributed by atoms with Crippen LogP contribution in [0.25, 0.3) is 5.69 Å². The monoisotopic (exact) mass is 304 g/mol. The summed E-state index contributed by atoms with van der Waals surface area (Å²) >= 11 is 0. The molecule has 1 unspecified atom stereocenters. The minimum absolute atomic E-state index is 0.118. The van der Waals surface area contributed by atoms with E-state index in [-0.39, 0.29) is 12.4 Å². The molecule has 8 nitrogen and oxygen atoms in total. The first-order valence-electron chi connectivity index (χ1n) is 6.48. The van der Waals surface area contributed by atoms with Gasteiger partial charge in [-0.05, 0) is 19.1 Å². The highest BCUT2D eigenvalue weighted by molar-refractivity contribution is 5.94. The fraction of sp³-hybridized carbons (Fsp3) is 0.286. The van der Waals surface area contributed by atoms with E-state index in [1.165, 1.54) is 25.0 Å². The van der Waals surface area contributed by atoms with Crippen LogP contribution in [0.2, 0.25) is 0 Å². The lowest BCUT2D eigenvalue weighted by atomic mass is 10.0. The minimum atomic E-state index is -1.55. The second kappa shape index (κ2) is 6.35. The van der Waals surface area contributed by atoms with E-state index in [0.29, 0.717) is 0 Å². The molecule has 1 amide bonds. The number of para-hydroxylation sites is 1. The van der Waals surface area contributed by atoms with E-state index < -0.39 is 17.4 Å². The van der Waals surface area contributed by atoms with E-state index in [9.17, 15) is 14.7 Å². The van der Waals surface area contributed by atoms with Gasteiger partial charge < -0.3 is 15.2 Å². The Morgan fingerprint density at radius 1 is 1.36 bits per heavy atom. The third-order valence-corrected chi connectivity index (χ3v) is 3.01. The second-order valence-electron chi connectivity index (χ2n) is 4.87. The van der Waals surface area contributed by atoms with Crippen LogP contribution in [0.4, 0.5) is 0 Å². The number of benzene rings is 1. The van der Waals surface area contributed by atoms with Crippen molar-refractivity contribution in [1.82, 2.24) is 20.1 Å². The number of aliphatic carboxylic acids is 1. The zero-order valence-electron chi connectivity index (χ0n) is 12.2. The topological polar surface area (TPSA) is 106 Å². The van der Waals surface area contributed by atoms with E-state index >= 15 is 0 Å². The lowest BCUT2D eigenvalue weighted by Gasteiger charge is -2.24. The number of nitrogens with zero attached hydrogens (tertiary/aromatic N) is 3. The van der Waals surface area contributed by atoms with Gasteiger partial charge in [0.25, 0.3) is 5.91 Å². The van der Waals surface area contributed by atoms with Gasteiger partial charge in [-0.2, -0.15) is 0 Å². The molecule has 116 valence electrons. The van der Waals surface area contributed by atoms with Gasteiger partial charge in [-0.3, -0.25) is 4.79 Å². The molecule has 1 atom stereocenters. The summed E-state index contributed by atoms with van der Waals surface area (Å²) in [4.78, 5) is 27.3. The molecule has 0 saturated carbocycles. The molecule has 0 spiro atoms. The third-order valence-electron chi connectivity index (χ3n) is 3.01. The molecule has 0 fully saturated rings. The Morgan fingerprint density at radius 3 is 2.64 bits per heavy atom. The first-order chi connectivity index (χ1) is 10.5. The summed E-state index contributed by atoms with van der Waals surface area (Å²) in [6.07, 6.45) is 1.39. The summed E-state index contributed by atoms with van der Waals surface area (Å²) < 4.78 is 6.27. The van der Waals surface area contributed by atoms with Gasteiger partial charge in [0, 0.05) is 7.11 Å². The Bertz CT molecular complexity index is 670. The van der Waals surface area contributed by atoms with Crippen LogP contribution in [0, 0.1) is 0 Å². The molecule has 1 heterocycles. The van der Waals surface area contributed by atoms with Crippen molar-refractivity contribution in [3.05, 3.63) is 42.5 Å². The van der Waals surface area contributed by atoms with Gasteiger partial charge in [-0.15, -0.1) is 5.10 Å². The van der Waals surface area contributed by atoms with Crippen molar-refractivity contribution in [2.24, 2.45) is 0 Å². The molecule has 0 aliphatic rings. The summed E-state index contributed by atoms with van der Waals surface area (Å²) in [6.45, 7) is 1.18. The van der Waals surface area contributed by atoms with Crippen LogP contribution in [-0.2, 0) is 9.53 Å². The number of carbonyl (C=O) groups is 2. The number of aromatic nitrogens is 3. The van der Waals surface area contributed by atoms with Gasteiger partial charge in [0.1, 0.15) is 6.33 Å². The molecule has 1 aromatic heterocycles. The van der Waals surface area contributed by atoms with Crippen molar-refractivity contribution in [3.8, 4) is 5.69 Å². The van der Waals surface area contributed by atoms with Crippen LogP contribution >= 0.6 is 0 Å². The molecule has 1 aromatic carbocycles. The lowest BCUT2D eigenvalue weighted by Crippen LogP contribution is -2.55. The maximum atomic E-state index is 12.1. The smallest absolute Gasteiger partial charge is 0.331 e. The van der Waals surface area contributed by atoms with Crippen molar-refractivity contribution in [3.63, 3.8) is 0 Å². The maximum absolute atomic E-state index is 12.1. The van der Waals surface area contributed by atoms with Gasteiger partial charge in [0.2, 0.25) is 5.82 Å². The predicted molar refractivity (Wildman–Crippen MR) is 76.7 cm³/mol. The van der Waals surface area contributed by atoms with E-state index in [2.05, 4.69) is 15.4 Å². The number of hydrogen-bond donors (Lipinski definition) is 2. The molecule has 22 heavy (non-hydrogen) atoms. The molecule has 8 heteroatoms. The van der Waals surface area contributed by atoms with Gasteiger partial charge in [0.15, 0.2) is 5.54 Å². The number of hydrogen-bond acceptors (Lipinski definition) is 5. The van der Waals surface area contributed by atoms with E-state index in [1.54, 1.807) is 0 Å². The highest BCUT2D eigenvalue weighted by Gasteiger charge is 2.36. The number of nitrogens with one attached hydrogen (secondary N) is 1. The molecule has 2 N–H and O–H groups in total. The van der Waals surface area contributed by atoms with Gasteiger partial charge in [0.05, 0.1) is 12.3 Å². The van der Waals surface area contributed by atoms with Crippen LogP contribution < -0.4 is 5.32 Å². The Hall–Kier alpha value is -2.74. The molecule has 0 aliphatic carbocycles. The van der Waals surface area contributed by atoms with Gasteiger partial charge >= 0.3 is 5.97 Å². The Kier molecular flexibility index (Phi) is 4.52. The van der Waals surface area contributed by atoms with Crippen molar-refractivity contribution in [2.75, 3.05) is 13.7 Å². The van der Waals surface area contributed by atoms with Gasteiger partial charge in [-0.25, -0.2) is 14.5 Å². The Balaban J connectivity index is 2.17. The normalized spacial score (nSPS) is 13.4. The first-order valence-corrected chi connectivity index (χ1v) is 6.48. The number of ether oxygens (including phenoxy) is 1. The van der Waals surface area contributed by atoms with Crippen molar-refractivity contribution in [1.29, 1.82) is 0 Å². The van der Waals surface area contributed by atoms with E-state index in [0.717, 1.165) is 5.69 Å². The molecular weight excluding hydrogens is 288 g/mol. The average Bonchev–Trinajstić information content (AvgIpc) is 2.98. The quantitative estimate of drug-likeness (QED) is 0.804. The van der Waals surface area contributed by atoms with E-state index in [4.69, 9.17) is 4.74 Å². The molecule has 2 rings (SSSR count). The summed E-state index contributed by atoms with van der Waals surface area (Å²) in [5, 5.41) is 15.6. The number of amides is 1. The number of methoxy groups -OCH3 is 1. The SMILES string of the molecule is COCC(C)(NC(=O)c1ncn(-c2ccccc2)n1)C(=O)O. The lowest BCUT2D eigenvalue weighted by molar-refractivity contribution is -0.145. The molecule has 0 radical (unpaired) electrons. The van der Waals surface area contributed by atoms with Crippen LogP contribution in [0.3, 0.4) is 0 Å². The number of carboxylic acids is 1. The number of carbonyl (C=O) groups excluding carboxylic acids is 1. The summed E-state index contributed by atoms with van der Waals surface area (Å²) in [6, 6.07) is 9.14. The average molecular weight is 304 g/mol. The van der Waals surface area contributed by atoms with Crippen molar-refractivity contribution < 1.29 is 19.4 Å². The van der Waals surface area contributed by atoms with E-state index in [1.807, 2.05) is 30.3 Å². The fourth-order valence-electron chi connectivity index (χ4n) is 1.82. The second-order valence-corrected chi connectivity index (χ2v) is 4.87. The molecular formula is C14H16N4O4. The largest absolute Gasteiger partial charge is 0.479 e. The first kappa shape index (κ1) is 15.6. The summed E-state index contributed by atoms with van der Waals surface area (Å²) in [7, 11) is 1.36. The highest BCUT2D eigenvalue weighted by Crippen LogP contribution is 2.08. The van der Waals surface area contributed by atoms with Gasteiger partial charge in [-0.1, -0.05) is 18.2 Å². The molecule has 0 saturated heterocycles. The highest BCUT2D eigenvalue weighted by atomic mass is 16.5. The Labute approximate surface area is 126 Å². The van der Waals surface area contributed by atoms with Crippen LogP contribution in [-0.4, -0.2) is 51.0 Å². The van der Waals surface area contributed by atoms with Crippen molar-refractivity contribution in [2.45, 2.75) is 12.5 Å². The molecule has 0 bridgehead atoms. The zero-order chi connectivity index (χ0) is 16.2. The molecule has 2 aromatic rings. The standard InChI is InChI=1S/C14H16N4O4/c1-14(8-22-2,13(20)21)16-12(19)11-15-9-18(17-11)10-6-4-3-5-7-10/h3-7,9H,8H2,1-2H3,(H,16,19)(H,20,21). The fourth-order valence-corrected chi connectivity index (χ4v) is 1.82. The Morgan fingerprint density at radius 2 is 2.05 bits per heavy atom. The van der Waals surface area contributed by atoms with Crippen LogP contribution in [0.5, 0.6) is 0 Å². The number of rotatable bonds is 6. The maximum Gasteiger partial charge on any atom is 0.331 e. The molecule has 0 aliphatic heterocycles. The van der Waals surface area contributed by atoms with Crippen molar-refractivity contribution >= 4 is 11.9 Å². The third kappa shape index (κ3) is 3.29. The number of carboxylic acid groups (broad SMARTS) is 1. The summed E-state index contributed by atoms with van der Waals surface area (Å²) in [5.41, 5.74) is -0.809.